The number of nitrogens with one attached hydrogen (secondary N) is 1. The van der Waals surface area contributed by atoms with Crippen LogP contribution >= 0.6 is 0 Å². The molecule has 0 aliphatic heterocycles. The summed E-state index contributed by atoms with van der Waals surface area (Å²) in [6.45, 7) is 1.24. The molecule has 7 heteroatoms. The number of carbonyl (C=O) groups excluding carboxylic acids is 1. The first-order chi connectivity index (χ1) is 5.92. The zero-order valence-electron chi connectivity index (χ0n) is 6.98. The van der Waals surface area contributed by atoms with Crippen LogP contribution in [0.4, 0.5) is 0 Å². The average molecular weight is 208 g/mol. The van der Waals surface area contributed by atoms with Crippen LogP contribution in [0.3, 0.4) is 0 Å². The summed E-state index contributed by atoms with van der Waals surface area (Å²) in [6.07, 6.45) is -0.236. The first-order valence-electron chi connectivity index (χ1n) is 3.45. The summed E-state index contributed by atoms with van der Waals surface area (Å²) in [6, 6.07) is 0. The number of amides is 1. The normalized spacial score (nSPS) is 17.1. The lowest BCUT2D eigenvalue weighted by Gasteiger charge is -2.30. The highest BCUT2D eigenvalue weighted by molar-refractivity contribution is 7.80. The zero-order chi connectivity index (χ0) is 10.5. The maximum absolute atomic E-state index is 10.6. The molecule has 0 aromatic carbocycles. The second-order valence-electron chi connectivity index (χ2n) is 2.62. The molecule has 1 amide bonds. The van der Waals surface area contributed by atoms with E-state index in [1.807, 2.05) is 0 Å². The Morgan fingerprint density at radius 3 is 2.62 bits per heavy atom. The van der Waals surface area contributed by atoms with Crippen molar-refractivity contribution in [3.8, 4) is 0 Å². The summed E-state index contributed by atoms with van der Waals surface area (Å²) < 4.78 is 21.2. The van der Waals surface area contributed by atoms with Gasteiger partial charge in [-0.05, 0) is 24.4 Å². The van der Waals surface area contributed by atoms with Gasteiger partial charge in [0.15, 0.2) is 0 Å². The largest absolute Gasteiger partial charge is 0.771 e. The van der Waals surface area contributed by atoms with E-state index in [1.165, 1.54) is 6.92 Å². The van der Waals surface area contributed by atoms with Gasteiger partial charge in [0.25, 0.3) is 0 Å². The van der Waals surface area contributed by atoms with Crippen molar-refractivity contribution in [3.05, 3.63) is 0 Å². The Morgan fingerprint density at radius 1 is 1.77 bits per heavy atom. The van der Waals surface area contributed by atoms with Gasteiger partial charge in [-0.15, -0.1) is 0 Å². The lowest BCUT2D eigenvalue weighted by Crippen LogP contribution is -2.45. The van der Waals surface area contributed by atoms with Crippen LogP contribution in [0, 0.1) is 0 Å². The summed E-state index contributed by atoms with van der Waals surface area (Å²) in [5.41, 5.74) is 0. The summed E-state index contributed by atoms with van der Waals surface area (Å²) in [7, 11) is 0. The predicted octanol–water partition coefficient (Wildman–Crippen LogP) is -0.807. The molecule has 2 atom stereocenters. The van der Waals surface area contributed by atoms with E-state index in [-0.39, 0.29) is 19.3 Å². The third kappa shape index (κ3) is 4.00. The Hall–Kier alpha value is -0.950. The fraction of sp³-hybridized carbons (Fsp3) is 0.667. The minimum absolute atomic E-state index is 0.156. The van der Waals surface area contributed by atoms with Gasteiger partial charge >= 0.3 is 5.97 Å². The smallest absolute Gasteiger partial charge is 0.303 e. The molecule has 0 heterocycles. The molecule has 0 radical (unpaired) electrons. The Kier molecular flexibility index (Phi) is 4.57. The van der Waals surface area contributed by atoms with Gasteiger partial charge in [0, 0.05) is 6.42 Å². The molecule has 0 bridgehead atoms. The van der Waals surface area contributed by atoms with Gasteiger partial charge in [-0.25, -0.2) is 0 Å². The second-order valence-corrected chi connectivity index (χ2v) is 3.99. The van der Waals surface area contributed by atoms with Crippen LogP contribution < -0.4 is 5.32 Å². The van der Waals surface area contributed by atoms with Gasteiger partial charge in [-0.2, -0.15) is 0 Å². The van der Waals surface area contributed by atoms with Crippen molar-refractivity contribution in [1.29, 1.82) is 0 Å². The van der Waals surface area contributed by atoms with E-state index in [1.54, 1.807) is 0 Å². The molecule has 0 saturated carbocycles. The molecule has 0 aliphatic carbocycles. The maximum atomic E-state index is 10.6. The van der Waals surface area contributed by atoms with Crippen molar-refractivity contribution in [2.45, 2.75) is 24.6 Å². The highest BCUT2D eigenvalue weighted by Crippen LogP contribution is 2.14. The summed E-state index contributed by atoms with van der Waals surface area (Å²) in [4.78, 5) is 18.7. The van der Waals surface area contributed by atoms with E-state index in [9.17, 15) is 18.4 Å². The lowest BCUT2D eigenvalue weighted by atomic mass is 10.2. The van der Waals surface area contributed by atoms with Gasteiger partial charge in [0.1, 0.15) is 0 Å². The SMILES string of the molecule is CC(CCC(=O)O)(NC=O)S(=O)[O-]. The topological polar surface area (TPSA) is 107 Å². The number of carboxylic acid groups (broad SMARTS) is 1. The van der Waals surface area contributed by atoms with Crippen LogP contribution in [-0.2, 0) is 20.7 Å². The predicted molar refractivity (Wildman–Crippen MR) is 43.4 cm³/mol. The number of rotatable bonds is 6. The third-order valence-electron chi connectivity index (χ3n) is 1.55. The summed E-state index contributed by atoms with van der Waals surface area (Å²) in [5, 5.41) is 10.4. The van der Waals surface area contributed by atoms with E-state index >= 15 is 0 Å². The monoisotopic (exact) mass is 208 g/mol. The zero-order valence-corrected chi connectivity index (χ0v) is 7.80. The molecule has 2 N–H and O–H groups in total. The Balaban J connectivity index is 4.32. The van der Waals surface area contributed by atoms with Crippen molar-refractivity contribution >= 4 is 23.5 Å². The molecule has 0 spiro atoms. The first-order valence-corrected chi connectivity index (χ1v) is 4.52. The van der Waals surface area contributed by atoms with Crippen molar-refractivity contribution in [3.63, 3.8) is 0 Å². The van der Waals surface area contributed by atoms with Crippen LogP contribution in [0.1, 0.15) is 19.8 Å². The molecule has 0 rings (SSSR count). The average Bonchev–Trinajstić information content (AvgIpc) is 2.01. The number of hydrogen-bond donors (Lipinski definition) is 2. The van der Waals surface area contributed by atoms with E-state index in [2.05, 4.69) is 5.32 Å². The molecular formula is C6H10NO5S-. The molecule has 2 unspecified atom stereocenters. The Bertz CT molecular complexity index is 231. The van der Waals surface area contributed by atoms with Crippen LogP contribution in [0.5, 0.6) is 0 Å². The molecule has 6 nitrogen and oxygen atoms in total. The third-order valence-corrected chi connectivity index (χ3v) is 2.61. The van der Waals surface area contributed by atoms with Crippen molar-refractivity contribution in [1.82, 2.24) is 5.32 Å². The Morgan fingerprint density at radius 2 is 2.31 bits per heavy atom. The van der Waals surface area contributed by atoms with E-state index in [0.29, 0.717) is 0 Å². The highest BCUT2D eigenvalue weighted by atomic mass is 32.2. The van der Waals surface area contributed by atoms with Crippen LogP contribution in [-0.4, -0.2) is 31.1 Å². The molecule has 0 aromatic rings. The number of hydrogen-bond acceptors (Lipinski definition) is 4. The van der Waals surface area contributed by atoms with Crippen molar-refractivity contribution in [2.24, 2.45) is 0 Å². The maximum Gasteiger partial charge on any atom is 0.303 e. The summed E-state index contributed by atoms with van der Waals surface area (Å²) >= 11 is -2.54. The van der Waals surface area contributed by atoms with E-state index in [4.69, 9.17) is 5.11 Å². The fourth-order valence-corrected chi connectivity index (χ4v) is 1.09. The van der Waals surface area contributed by atoms with Crippen molar-refractivity contribution in [2.75, 3.05) is 0 Å². The number of carboxylic acids is 1. The summed E-state index contributed by atoms with van der Waals surface area (Å²) in [5.74, 6) is -1.11. The van der Waals surface area contributed by atoms with Gasteiger partial charge in [-0.3, -0.25) is 13.8 Å². The van der Waals surface area contributed by atoms with Gasteiger partial charge in [-0.1, -0.05) is 0 Å². The molecule has 76 valence electrons. The van der Waals surface area contributed by atoms with E-state index in [0.717, 1.165) is 0 Å². The molecule has 0 aromatic heterocycles. The van der Waals surface area contributed by atoms with Crippen molar-refractivity contribution < 1.29 is 23.5 Å². The minimum atomic E-state index is -2.54. The quantitative estimate of drug-likeness (QED) is 0.438. The van der Waals surface area contributed by atoms with E-state index < -0.39 is 21.9 Å². The second kappa shape index (κ2) is 4.93. The highest BCUT2D eigenvalue weighted by Gasteiger charge is 2.25. The Labute approximate surface area is 77.6 Å². The standard InChI is InChI=1S/C6H11NO5S/c1-6(7-4-8,13(11)12)3-2-5(9)10/h4H,2-3H2,1H3,(H,7,8)(H,9,10)(H,11,12)/p-1. The first kappa shape index (κ1) is 12.0. The number of carbonyl (C=O) groups is 2. The molecule has 0 saturated heterocycles. The van der Waals surface area contributed by atoms with Crippen LogP contribution in [0.15, 0.2) is 0 Å². The molecule has 0 aliphatic rings. The molecule has 13 heavy (non-hydrogen) atoms. The fourth-order valence-electron chi connectivity index (χ4n) is 0.674. The van der Waals surface area contributed by atoms with Gasteiger partial charge < -0.3 is 15.0 Å². The number of aliphatic carboxylic acids is 1. The molecular weight excluding hydrogens is 198 g/mol. The lowest BCUT2D eigenvalue weighted by molar-refractivity contribution is -0.137. The minimum Gasteiger partial charge on any atom is -0.771 e. The molecule has 0 fully saturated rings. The van der Waals surface area contributed by atoms with Gasteiger partial charge in [0.2, 0.25) is 6.41 Å². The van der Waals surface area contributed by atoms with Gasteiger partial charge in [0.05, 0.1) is 4.87 Å². The van der Waals surface area contributed by atoms with Crippen LogP contribution in [0.2, 0.25) is 0 Å². The van der Waals surface area contributed by atoms with Crippen LogP contribution in [0.25, 0.3) is 0 Å².